The van der Waals surface area contributed by atoms with Crippen LogP contribution in [0.15, 0.2) is 12.1 Å². The molecule has 3 heterocycles. The Bertz CT molecular complexity index is 689. The Balaban J connectivity index is 1.76. The van der Waals surface area contributed by atoms with Gasteiger partial charge in [-0.05, 0) is 25.5 Å². The highest BCUT2D eigenvalue weighted by molar-refractivity contribution is 5.77. The van der Waals surface area contributed by atoms with Crippen molar-refractivity contribution in [1.82, 2.24) is 9.61 Å². The lowest BCUT2D eigenvalue weighted by Gasteiger charge is -2.37. The van der Waals surface area contributed by atoms with Crippen molar-refractivity contribution in [3.05, 3.63) is 23.4 Å². The molecule has 0 bridgehead atoms. The van der Waals surface area contributed by atoms with Gasteiger partial charge in [-0.25, -0.2) is 4.52 Å². The normalized spacial score (nSPS) is 17.4. The molecule has 1 saturated heterocycles. The third-order valence-electron chi connectivity index (χ3n) is 4.94. The topological polar surface area (TPSA) is 47.8 Å². The molecule has 0 amide bonds. The predicted octanol–water partition coefficient (Wildman–Crippen LogP) is 1.85. The van der Waals surface area contributed by atoms with E-state index >= 15 is 0 Å². The zero-order chi connectivity index (χ0) is 16.4. The number of pyridine rings is 1. The Labute approximate surface area is 137 Å². The number of nitrogens with zero attached hydrogens (tertiary/aromatic N) is 3. The van der Waals surface area contributed by atoms with Crippen molar-refractivity contribution >= 4 is 11.2 Å². The molecule has 3 rings (SSSR count). The van der Waals surface area contributed by atoms with Gasteiger partial charge in [0.25, 0.3) is 5.88 Å². The Hall–Kier alpha value is -1.79. The van der Waals surface area contributed by atoms with Gasteiger partial charge in [-0.15, -0.1) is 5.10 Å². The van der Waals surface area contributed by atoms with E-state index in [1.165, 1.54) is 5.56 Å². The number of morpholine rings is 1. The van der Waals surface area contributed by atoms with E-state index in [2.05, 4.69) is 43.4 Å². The van der Waals surface area contributed by atoms with Crippen molar-refractivity contribution in [2.45, 2.75) is 13.8 Å². The summed E-state index contributed by atoms with van der Waals surface area (Å²) in [6.07, 6.45) is 0. The summed E-state index contributed by atoms with van der Waals surface area (Å²) < 4.78 is 14.4. The molecular weight excluding hydrogens is 292 g/mol. The van der Waals surface area contributed by atoms with Crippen LogP contribution in [0, 0.1) is 13.8 Å². The van der Waals surface area contributed by atoms with Crippen LogP contribution in [0.4, 0.5) is 5.69 Å². The van der Waals surface area contributed by atoms with Crippen LogP contribution in [0.1, 0.15) is 11.3 Å². The van der Waals surface area contributed by atoms with Crippen molar-refractivity contribution in [3.8, 4) is 5.88 Å². The number of aromatic nitrogens is 2. The summed E-state index contributed by atoms with van der Waals surface area (Å²) in [6.45, 7) is 9.58. The van der Waals surface area contributed by atoms with Crippen LogP contribution in [0.3, 0.4) is 0 Å². The molecule has 0 unspecified atom stereocenters. The summed E-state index contributed by atoms with van der Waals surface area (Å²) in [5.41, 5.74) is 4.37. The minimum Gasteiger partial charge on any atom is -0.469 e. The predicted molar refractivity (Wildman–Crippen MR) is 91.3 cm³/mol. The van der Waals surface area contributed by atoms with E-state index in [0.717, 1.165) is 54.2 Å². The minimum absolute atomic E-state index is 0.660. The van der Waals surface area contributed by atoms with Crippen LogP contribution < -0.4 is 10.1 Å². The Morgan fingerprint density at radius 2 is 2.04 bits per heavy atom. The van der Waals surface area contributed by atoms with Gasteiger partial charge in [0.1, 0.15) is 31.9 Å². The molecule has 0 radical (unpaired) electrons. The van der Waals surface area contributed by atoms with Gasteiger partial charge in [0.05, 0.1) is 25.8 Å². The third-order valence-corrected chi connectivity index (χ3v) is 4.94. The van der Waals surface area contributed by atoms with E-state index in [1.807, 2.05) is 11.6 Å². The second-order valence-corrected chi connectivity index (χ2v) is 6.58. The summed E-state index contributed by atoms with van der Waals surface area (Å²) in [6, 6.07) is 4.21. The molecule has 0 saturated carbocycles. The smallest absolute Gasteiger partial charge is 0.257 e. The minimum atomic E-state index is 0.660. The van der Waals surface area contributed by atoms with Gasteiger partial charge in [0, 0.05) is 12.7 Å². The second-order valence-electron chi connectivity index (χ2n) is 6.58. The van der Waals surface area contributed by atoms with Crippen LogP contribution in [0.2, 0.25) is 0 Å². The zero-order valence-corrected chi connectivity index (χ0v) is 14.6. The fourth-order valence-electron chi connectivity index (χ4n) is 3.02. The summed E-state index contributed by atoms with van der Waals surface area (Å²) in [5.74, 6) is 0.682. The van der Waals surface area contributed by atoms with E-state index in [4.69, 9.17) is 9.47 Å². The van der Waals surface area contributed by atoms with Crippen molar-refractivity contribution in [2.24, 2.45) is 0 Å². The number of aryl methyl sites for hydroxylation is 2. The number of rotatable bonds is 5. The average molecular weight is 319 g/mol. The molecule has 1 aliphatic rings. The summed E-state index contributed by atoms with van der Waals surface area (Å²) >= 11 is 0. The average Bonchev–Trinajstić information content (AvgIpc) is 2.90. The van der Waals surface area contributed by atoms with E-state index in [9.17, 15) is 0 Å². The maximum atomic E-state index is 6.02. The van der Waals surface area contributed by atoms with E-state index in [1.54, 1.807) is 0 Å². The van der Waals surface area contributed by atoms with Gasteiger partial charge in [-0.3, -0.25) is 0 Å². The molecule has 6 heteroatoms. The molecule has 0 aliphatic carbocycles. The first-order valence-corrected chi connectivity index (χ1v) is 8.25. The molecule has 1 fully saturated rings. The van der Waals surface area contributed by atoms with Gasteiger partial charge >= 0.3 is 0 Å². The fraction of sp³-hybridized carbons (Fsp3) is 0.588. The van der Waals surface area contributed by atoms with Crippen molar-refractivity contribution in [3.63, 3.8) is 0 Å². The molecule has 0 atom stereocenters. The van der Waals surface area contributed by atoms with Gasteiger partial charge in [-0.2, -0.15) is 0 Å². The summed E-state index contributed by atoms with van der Waals surface area (Å²) in [7, 11) is 4.18. The number of ether oxygens (including phenoxy) is 2. The van der Waals surface area contributed by atoms with Crippen LogP contribution in [0.5, 0.6) is 5.88 Å². The Kier molecular flexibility index (Phi) is 4.46. The highest BCUT2D eigenvalue weighted by Crippen LogP contribution is 2.29. The first-order valence-electron chi connectivity index (χ1n) is 8.25. The number of nitrogens with one attached hydrogen (secondary N) is 1. The highest BCUT2D eigenvalue weighted by atomic mass is 16.5. The van der Waals surface area contributed by atoms with Gasteiger partial charge < -0.3 is 19.3 Å². The largest absolute Gasteiger partial charge is 0.469 e. The van der Waals surface area contributed by atoms with E-state index in [-0.39, 0.29) is 0 Å². The molecule has 1 aliphatic heterocycles. The third kappa shape index (κ3) is 3.14. The lowest BCUT2D eigenvalue weighted by atomic mass is 10.2. The first-order chi connectivity index (χ1) is 11.0. The fourth-order valence-corrected chi connectivity index (χ4v) is 3.02. The van der Waals surface area contributed by atoms with Gasteiger partial charge in [0.15, 0.2) is 0 Å². The summed E-state index contributed by atoms with van der Waals surface area (Å²) in [5, 5.41) is 7.88. The van der Waals surface area contributed by atoms with Gasteiger partial charge in [-0.1, -0.05) is 6.07 Å². The lowest BCUT2D eigenvalue weighted by molar-refractivity contribution is -0.916. The quantitative estimate of drug-likeness (QED) is 0.855. The van der Waals surface area contributed by atoms with E-state index in [0.29, 0.717) is 12.5 Å². The molecule has 0 spiro atoms. The van der Waals surface area contributed by atoms with Crippen molar-refractivity contribution < 1.29 is 14.0 Å². The maximum Gasteiger partial charge on any atom is 0.257 e. The van der Waals surface area contributed by atoms with Crippen molar-refractivity contribution in [1.29, 1.82) is 0 Å². The standard InChI is InChI=1S/C17H27N4O2/c1-13-5-6-15-16(18-3)17(19-20(15)14(13)2)23-12-9-21(4)7-10-22-11-8-21/h5-6,18H,7-12H2,1-4H3/q+1. The number of fused-ring (bicyclic) bond motifs is 1. The maximum absolute atomic E-state index is 6.02. The second kappa shape index (κ2) is 6.37. The monoisotopic (exact) mass is 319 g/mol. The van der Waals surface area contributed by atoms with Crippen molar-refractivity contribution in [2.75, 3.05) is 58.9 Å². The molecule has 6 nitrogen and oxygen atoms in total. The number of anilines is 1. The zero-order valence-electron chi connectivity index (χ0n) is 14.6. The first kappa shape index (κ1) is 16.1. The van der Waals surface area contributed by atoms with Crippen LogP contribution in [0.25, 0.3) is 5.52 Å². The number of hydrogen-bond donors (Lipinski definition) is 1. The number of quaternary nitrogens is 1. The molecule has 1 N–H and O–H groups in total. The molecule has 0 aromatic carbocycles. The van der Waals surface area contributed by atoms with Crippen LogP contribution >= 0.6 is 0 Å². The molecule has 2 aromatic rings. The van der Waals surface area contributed by atoms with Gasteiger partial charge in [0.2, 0.25) is 0 Å². The Morgan fingerprint density at radius 3 is 2.74 bits per heavy atom. The lowest BCUT2D eigenvalue weighted by Crippen LogP contribution is -2.53. The number of likely N-dealkylation sites (N-methyl/N-ethyl adjacent to an activating group) is 1. The molecule has 126 valence electrons. The Morgan fingerprint density at radius 1 is 1.30 bits per heavy atom. The highest BCUT2D eigenvalue weighted by Gasteiger charge is 2.25. The summed E-state index contributed by atoms with van der Waals surface area (Å²) in [4.78, 5) is 0. The number of hydrogen-bond acceptors (Lipinski definition) is 4. The molecular formula is C17H27N4O2+. The van der Waals surface area contributed by atoms with Crippen LogP contribution in [-0.2, 0) is 4.74 Å². The SMILES string of the molecule is CNc1c(OCC[N+]2(C)CCOCC2)nn2c(C)c(C)ccc12. The van der Waals surface area contributed by atoms with Crippen LogP contribution in [-0.4, -0.2) is 67.6 Å². The van der Waals surface area contributed by atoms with E-state index < -0.39 is 0 Å². The molecule has 23 heavy (non-hydrogen) atoms. The molecule has 2 aromatic heterocycles.